The van der Waals surface area contributed by atoms with Crippen molar-refractivity contribution in [2.75, 3.05) is 6.61 Å². The van der Waals surface area contributed by atoms with Gasteiger partial charge in [0.1, 0.15) is 6.61 Å². The highest BCUT2D eigenvalue weighted by atomic mass is 16.8. The minimum atomic E-state index is -1.03. The average molecular weight is 405 g/mol. The summed E-state index contributed by atoms with van der Waals surface area (Å²) in [5, 5.41) is 20.0. The molecule has 1 heterocycles. The van der Waals surface area contributed by atoms with Crippen LogP contribution in [0, 0.1) is 28.6 Å². The number of fused-ring (bicyclic) bond motifs is 7. The van der Waals surface area contributed by atoms with Crippen molar-refractivity contribution in [1.82, 2.24) is 0 Å². The summed E-state index contributed by atoms with van der Waals surface area (Å²) in [7, 11) is 0. The monoisotopic (exact) mass is 404 g/mol. The van der Waals surface area contributed by atoms with Crippen LogP contribution in [0.2, 0.25) is 0 Å². The van der Waals surface area contributed by atoms with Crippen LogP contribution in [0.15, 0.2) is 11.6 Å². The van der Waals surface area contributed by atoms with Gasteiger partial charge in [0.05, 0.1) is 12.2 Å². The van der Waals surface area contributed by atoms with Crippen LogP contribution in [0.3, 0.4) is 0 Å². The van der Waals surface area contributed by atoms with Crippen molar-refractivity contribution in [1.29, 1.82) is 0 Å². The maximum atomic E-state index is 13.2. The lowest BCUT2D eigenvalue weighted by Gasteiger charge is -2.59. The Bertz CT molecular complexity index is 758. The molecular formula is C24H36O5. The van der Waals surface area contributed by atoms with Gasteiger partial charge in [0.15, 0.2) is 17.2 Å². The Balaban J connectivity index is 1.54. The number of allylic oxidation sites excluding steroid dienone is 1. The van der Waals surface area contributed by atoms with Crippen LogP contribution in [-0.2, 0) is 14.3 Å². The molecule has 2 N–H and O–H groups in total. The first-order valence-corrected chi connectivity index (χ1v) is 11.5. The second kappa shape index (κ2) is 6.15. The molecule has 0 radical (unpaired) electrons. The minimum absolute atomic E-state index is 0.163. The minimum Gasteiger partial charge on any atom is -0.393 e. The number of hydrogen-bond acceptors (Lipinski definition) is 5. The topological polar surface area (TPSA) is 76.0 Å². The predicted octanol–water partition coefficient (Wildman–Crippen LogP) is 3.37. The Hall–Kier alpha value is -0.750. The summed E-state index contributed by atoms with van der Waals surface area (Å²) >= 11 is 0. The van der Waals surface area contributed by atoms with Crippen LogP contribution in [0.4, 0.5) is 0 Å². The van der Waals surface area contributed by atoms with Gasteiger partial charge >= 0.3 is 0 Å². The van der Waals surface area contributed by atoms with Crippen molar-refractivity contribution in [2.24, 2.45) is 28.6 Å². The van der Waals surface area contributed by atoms with E-state index in [1.807, 2.05) is 13.8 Å². The molecule has 1 saturated heterocycles. The molecule has 8 atom stereocenters. The molecule has 0 aromatic rings. The first-order valence-electron chi connectivity index (χ1n) is 11.5. The number of aliphatic hydroxyl groups is 2. The summed E-state index contributed by atoms with van der Waals surface area (Å²) < 4.78 is 12.7. The van der Waals surface area contributed by atoms with Crippen molar-refractivity contribution in [2.45, 2.75) is 96.2 Å². The van der Waals surface area contributed by atoms with E-state index < -0.39 is 18.0 Å². The van der Waals surface area contributed by atoms with Crippen molar-refractivity contribution in [3.05, 3.63) is 11.6 Å². The molecule has 5 rings (SSSR count). The van der Waals surface area contributed by atoms with Gasteiger partial charge in [-0.25, -0.2) is 0 Å². The number of aliphatic hydroxyl groups excluding tert-OH is 2. The van der Waals surface area contributed by atoms with Gasteiger partial charge in [0, 0.05) is 5.41 Å². The van der Waals surface area contributed by atoms with Gasteiger partial charge in [0.2, 0.25) is 0 Å². The summed E-state index contributed by atoms with van der Waals surface area (Å²) in [4.78, 5) is 13.2. The number of rotatable bonds is 2. The average Bonchev–Trinajstić information content (AvgIpc) is 3.07. The zero-order valence-corrected chi connectivity index (χ0v) is 18.2. The molecule has 0 spiro atoms. The van der Waals surface area contributed by atoms with Crippen molar-refractivity contribution in [3.63, 3.8) is 0 Å². The van der Waals surface area contributed by atoms with Gasteiger partial charge in [0.25, 0.3) is 0 Å². The lowest BCUT2D eigenvalue weighted by atomic mass is 9.46. The molecule has 1 aliphatic heterocycles. The summed E-state index contributed by atoms with van der Waals surface area (Å²) in [6.07, 6.45) is 8.51. The van der Waals surface area contributed by atoms with Crippen LogP contribution in [-0.4, -0.2) is 46.2 Å². The smallest absolute Gasteiger partial charge is 0.193 e. The van der Waals surface area contributed by atoms with Crippen LogP contribution >= 0.6 is 0 Å². The Morgan fingerprint density at radius 1 is 1.17 bits per heavy atom. The van der Waals surface area contributed by atoms with E-state index in [0.29, 0.717) is 17.8 Å². The summed E-state index contributed by atoms with van der Waals surface area (Å²) in [6, 6.07) is 0. The molecule has 0 bridgehead atoms. The Labute approximate surface area is 173 Å². The van der Waals surface area contributed by atoms with Gasteiger partial charge in [-0.3, -0.25) is 4.79 Å². The molecule has 0 amide bonds. The Morgan fingerprint density at radius 3 is 2.66 bits per heavy atom. The van der Waals surface area contributed by atoms with E-state index in [4.69, 9.17) is 9.47 Å². The lowest BCUT2D eigenvalue weighted by Crippen LogP contribution is -2.61. The first-order chi connectivity index (χ1) is 13.6. The molecule has 0 unspecified atom stereocenters. The lowest BCUT2D eigenvalue weighted by molar-refractivity contribution is -0.215. The van der Waals surface area contributed by atoms with E-state index in [1.165, 1.54) is 5.57 Å². The molecule has 5 aliphatic rings. The second-order valence-electron chi connectivity index (χ2n) is 11.3. The van der Waals surface area contributed by atoms with Crippen molar-refractivity contribution >= 4 is 5.78 Å². The van der Waals surface area contributed by atoms with Crippen molar-refractivity contribution in [3.8, 4) is 0 Å². The quantitative estimate of drug-likeness (QED) is 0.690. The fourth-order valence-electron chi connectivity index (χ4n) is 8.36. The number of ketones is 1. The molecule has 4 aliphatic carbocycles. The van der Waals surface area contributed by atoms with E-state index in [0.717, 1.165) is 44.9 Å². The zero-order valence-electron chi connectivity index (χ0n) is 18.2. The SMILES string of the molecule is CC1(C)O[C@@H]2C[C@H]3[C@@H]4CC=C5C[C@H](O)CC[C@]5(C)[C@H]4CC[C@]3(C)[C@]2(C(=O)CO)O1. The van der Waals surface area contributed by atoms with Gasteiger partial charge in [-0.2, -0.15) is 0 Å². The van der Waals surface area contributed by atoms with E-state index in [-0.39, 0.29) is 28.8 Å². The molecule has 162 valence electrons. The number of carbonyl (C=O) groups excluding carboxylic acids is 1. The molecule has 29 heavy (non-hydrogen) atoms. The van der Waals surface area contributed by atoms with E-state index >= 15 is 0 Å². The maximum Gasteiger partial charge on any atom is 0.193 e. The van der Waals surface area contributed by atoms with E-state index in [2.05, 4.69) is 19.9 Å². The van der Waals surface area contributed by atoms with Gasteiger partial charge in [-0.1, -0.05) is 25.5 Å². The van der Waals surface area contributed by atoms with Crippen LogP contribution in [0.1, 0.15) is 72.6 Å². The standard InChI is InChI=1S/C24H36O5/c1-21(2)28-20-12-18-16-6-5-14-11-15(26)7-9-22(14,3)17(16)8-10-23(18,4)24(20,29-21)19(27)13-25/h5,15-18,20,25-26H,6-13H2,1-4H3/t15-,16-,17+,18+,20-,22+,23+,24-/m1/s1. The number of hydrogen-bond donors (Lipinski definition) is 2. The highest BCUT2D eigenvalue weighted by Gasteiger charge is 2.75. The molecule has 5 heteroatoms. The highest BCUT2D eigenvalue weighted by molar-refractivity contribution is 5.91. The van der Waals surface area contributed by atoms with E-state index in [9.17, 15) is 15.0 Å². The van der Waals surface area contributed by atoms with Crippen LogP contribution < -0.4 is 0 Å². The fourth-order valence-corrected chi connectivity index (χ4v) is 8.36. The third-order valence-electron chi connectivity index (χ3n) is 9.63. The fraction of sp³-hybridized carbons (Fsp3) is 0.875. The Kier molecular flexibility index (Phi) is 4.28. The number of carbonyl (C=O) groups is 1. The van der Waals surface area contributed by atoms with Gasteiger partial charge in [-0.05, 0) is 82.0 Å². The van der Waals surface area contributed by atoms with E-state index in [1.54, 1.807) is 0 Å². The molecule has 0 aromatic heterocycles. The predicted molar refractivity (Wildman–Crippen MR) is 108 cm³/mol. The molecule has 0 aromatic carbocycles. The van der Waals surface area contributed by atoms with Gasteiger partial charge in [-0.15, -0.1) is 0 Å². The zero-order chi connectivity index (χ0) is 20.8. The summed E-state index contributed by atoms with van der Waals surface area (Å²) in [5.41, 5.74) is 0.266. The third kappa shape index (κ3) is 2.45. The normalized spacial score (nSPS) is 52.8. The van der Waals surface area contributed by atoms with Crippen LogP contribution in [0.5, 0.6) is 0 Å². The van der Waals surface area contributed by atoms with Crippen molar-refractivity contribution < 1.29 is 24.5 Å². The largest absolute Gasteiger partial charge is 0.393 e. The molecule has 4 fully saturated rings. The summed E-state index contributed by atoms with van der Waals surface area (Å²) in [5.74, 6) is 0.420. The summed E-state index contributed by atoms with van der Waals surface area (Å²) in [6.45, 7) is 7.90. The maximum absolute atomic E-state index is 13.2. The first kappa shape index (κ1) is 20.2. The molecular weight excluding hydrogens is 368 g/mol. The molecule has 5 nitrogen and oxygen atoms in total. The number of Topliss-reactive ketones (excluding diaryl/α,β-unsaturated/α-hetero) is 1. The van der Waals surface area contributed by atoms with Crippen LogP contribution in [0.25, 0.3) is 0 Å². The molecule has 3 saturated carbocycles. The Morgan fingerprint density at radius 2 is 1.93 bits per heavy atom. The highest BCUT2D eigenvalue weighted by Crippen LogP contribution is 2.70. The second-order valence-corrected chi connectivity index (χ2v) is 11.3. The third-order valence-corrected chi connectivity index (χ3v) is 9.63. The number of ether oxygens (including phenoxy) is 2. The van der Waals surface area contributed by atoms with Gasteiger partial charge < -0.3 is 19.7 Å².